The fourth-order valence-corrected chi connectivity index (χ4v) is 1.71. The molecule has 1 aromatic heterocycles. The van der Waals surface area contributed by atoms with Crippen molar-refractivity contribution in [2.45, 2.75) is 0 Å². The summed E-state index contributed by atoms with van der Waals surface area (Å²) in [6.07, 6.45) is 2.63. The van der Waals surface area contributed by atoms with Gasteiger partial charge in [-0.15, -0.1) is 0 Å². The van der Waals surface area contributed by atoms with Crippen molar-refractivity contribution in [1.29, 1.82) is 0 Å². The van der Waals surface area contributed by atoms with E-state index in [1.807, 2.05) is 0 Å². The number of carbonyl (C=O) groups is 1. The molecule has 0 saturated heterocycles. The molecule has 0 spiro atoms. The molecule has 98 valence electrons. The highest BCUT2D eigenvalue weighted by Crippen LogP contribution is 2.28. The summed E-state index contributed by atoms with van der Waals surface area (Å²) in [6.45, 7) is 0. The molecule has 2 aromatic rings. The van der Waals surface area contributed by atoms with Crippen LogP contribution in [-0.2, 0) is 0 Å². The molecule has 0 bridgehead atoms. The number of halogens is 1. The number of pyridine rings is 1. The highest BCUT2D eigenvalue weighted by Gasteiger charge is 2.11. The molecule has 2 rings (SSSR count). The molecule has 0 unspecified atom stereocenters. The number of hydrogen-bond donors (Lipinski definition) is 2. The number of aromatic nitrogens is 1. The Bertz CT molecular complexity index is 617. The number of ether oxygens (including phenoxy) is 1. The number of methoxy groups -OCH3 is 1. The molecule has 1 heterocycles. The Morgan fingerprint density at radius 2 is 2.21 bits per heavy atom. The molecule has 0 fully saturated rings. The van der Waals surface area contributed by atoms with Crippen LogP contribution in [0.15, 0.2) is 36.7 Å². The number of nitrogens with one attached hydrogen (secondary N) is 1. The number of aromatic hydroxyl groups is 1. The Kier molecular flexibility index (Phi) is 3.87. The second kappa shape index (κ2) is 5.58. The quantitative estimate of drug-likeness (QED) is 0.905. The van der Waals surface area contributed by atoms with Crippen LogP contribution in [0.3, 0.4) is 0 Å². The lowest BCUT2D eigenvalue weighted by Gasteiger charge is -2.09. The normalized spacial score (nSPS) is 10.0. The summed E-state index contributed by atoms with van der Waals surface area (Å²) in [4.78, 5) is 15.7. The Morgan fingerprint density at radius 3 is 2.89 bits per heavy atom. The number of benzene rings is 1. The van der Waals surface area contributed by atoms with Crippen molar-refractivity contribution in [3.8, 4) is 11.5 Å². The van der Waals surface area contributed by atoms with E-state index in [4.69, 9.17) is 16.3 Å². The smallest absolute Gasteiger partial charge is 0.259 e. The Morgan fingerprint density at radius 1 is 1.42 bits per heavy atom. The van der Waals surface area contributed by atoms with Gasteiger partial charge in [-0.25, -0.2) is 0 Å². The predicted molar refractivity (Wildman–Crippen MR) is 71.9 cm³/mol. The average molecular weight is 279 g/mol. The zero-order chi connectivity index (χ0) is 13.8. The summed E-state index contributed by atoms with van der Waals surface area (Å²) in [5.74, 6) is -0.163. The second-order valence-electron chi connectivity index (χ2n) is 3.70. The first-order chi connectivity index (χ1) is 9.11. The molecule has 0 aliphatic rings. The van der Waals surface area contributed by atoms with Crippen LogP contribution < -0.4 is 10.1 Å². The minimum atomic E-state index is -0.440. The topological polar surface area (TPSA) is 71.5 Å². The Hall–Kier alpha value is -2.27. The van der Waals surface area contributed by atoms with Gasteiger partial charge in [-0.05, 0) is 18.2 Å². The van der Waals surface area contributed by atoms with Crippen molar-refractivity contribution in [2.75, 3.05) is 12.4 Å². The monoisotopic (exact) mass is 278 g/mol. The zero-order valence-corrected chi connectivity index (χ0v) is 10.8. The van der Waals surface area contributed by atoms with E-state index in [2.05, 4.69) is 10.3 Å². The van der Waals surface area contributed by atoms with Crippen molar-refractivity contribution in [3.63, 3.8) is 0 Å². The molecule has 0 aliphatic carbocycles. The minimum Gasteiger partial charge on any atom is -0.505 e. The van der Waals surface area contributed by atoms with E-state index >= 15 is 0 Å². The van der Waals surface area contributed by atoms with E-state index in [1.165, 1.54) is 25.6 Å². The van der Waals surface area contributed by atoms with Gasteiger partial charge in [0.1, 0.15) is 11.5 Å². The fraction of sp³-hybridized carbons (Fsp3) is 0.0769. The van der Waals surface area contributed by atoms with Gasteiger partial charge >= 0.3 is 0 Å². The second-order valence-corrected chi connectivity index (χ2v) is 4.10. The van der Waals surface area contributed by atoms with Crippen LogP contribution in [0, 0.1) is 0 Å². The SMILES string of the molecule is COc1cc(NC(=O)c2ccncc2O)ccc1Cl. The molecule has 1 aromatic carbocycles. The fourth-order valence-electron chi connectivity index (χ4n) is 1.51. The van der Waals surface area contributed by atoms with Gasteiger partial charge in [0.25, 0.3) is 5.91 Å². The molecule has 6 heteroatoms. The van der Waals surface area contributed by atoms with Crippen molar-refractivity contribution in [2.24, 2.45) is 0 Å². The molecule has 19 heavy (non-hydrogen) atoms. The Balaban J connectivity index is 2.22. The van der Waals surface area contributed by atoms with Crippen LogP contribution in [0.5, 0.6) is 11.5 Å². The van der Waals surface area contributed by atoms with Gasteiger partial charge in [-0.3, -0.25) is 9.78 Å². The molecule has 0 atom stereocenters. The van der Waals surface area contributed by atoms with E-state index in [0.717, 1.165) is 0 Å². The van der Waals surface area contributed by atoms with E-state index in [0.29, 0.717) is 16.5 Å². The van der Waals surface area contributed by atoms with E-state index in [1.54, 1.807) is 18.2 Å². The maximum Gasteiger partial charge on any atom is 0.259 e. The first-order valence-electron chi connectivity index (χ1n) is 5.39. The van der Waals surface area contributed by atoms with Gasteiger partial charge in [-0.2, -0.15) is 0 Å². The first kappa shape index (κ1) is 13.2. The van der Waals surface area contributed by atoms with E-state index in [-0.39, 0.29) is 11.3 Å². The number of anilines is 1. The van der Waals surface area contributed by atoms with Gasteiger partial charge < -0.3 is 15.2 Å². The van der Waals surface area contributed by atoms with Gasteiger partial charge in [0.2, 0.25) is 0 Å². The lowest BCUT2D eigenvalue weighted by Crippen LogP contribution is -2.12. The van der Waals surface area contributed by atoms with Crippen molar-refractivity contribution in [1.82, 2.24) is 4.98 Å². The molecule has 0 saturated carbocycles. The third-order valence-corrected chi connectivity index (χ3v) is 2.77. The summed E-state index contributed by atoms with van der Waals surface area (Å²) in [5.41, 5.74) is 0.659. The highest BCUT2D eigenvalue weighted by atomic mass is 35.5. The van der Waals surface area contributed by atoms with Crippen LogP contribution in [-0.4, -0.2) is 23.1 Å². The number of carbonyl (C=O) groups excluding carboxylic acids is 1. The zero-order valence-electron chi connectivity index (χ0n) is 10.1. The minimum absolute atomic E-state index is 0.143. The van der Waals surface area contributed by atoms with Gasteiger partial charge in [-0.1, -0.05) is 11.6 Å². The van der Waals surface area contributed by atoms with Crippen LogP contribution >= 0.6 is 11.6 Å². The van der Waals surface area contributed by atoms with Crippen molar-refractivity contribution < 1.29 is 14.6 Å². The Labute approximate surface area is 114 Å². The van der Waals surface area contributed by atoms with Gasteiger partial charge in [0.05, 0.1) is 23.9 Å². The summed E-state index contributed by atoms with van der Waals surface area (Å²) >= 11 is 5.89. The van der Waals surface area contributed by atoms with Crippen molar-refractivity contribution in [3.05, 3.63) is 47.2 Å². The van der Waals surface area contributed by atoms with Gasteiger partial charge in [0.15, 0.2) is 0 Å². The van der Waals surface area contributed by atoms with Crippen molar-refractivity contribution >= 4 is 23.2 Å². The van der Waals surface area contributed by atoms with E-state index in [9.17, 15) is 9.90 Å². The number of rotatable bonds is 3. The maximum absolute atomic E-state index is 11.9. The predicted octanol–water partition coefficient (Wildman–Crippen LogP) is 2.70. The molecule has 0 radical (unpaired) electrons. The number of hydrogen-bond acceptors (Lipinski definition) is 4. The standard InChI is InChI=1S/C13H11ClN2O3/c1-19-12-6-8(2-3-10(12)14)16-13(18)9-4-5-15-7-11(9)17/h2-7,17H,1H3,(H,16,18). The third kappa shape index (κ3) is 2.95. The molecule has 1 amide bonds. The maximum atomic E-state index is 11.9. The van der Waals surface area contributed by atoms with Crippen LogP contribution in [0.2, 0.25) is 5.02 Å². The lowest BCUT2D eigenvalue weighted by molar-refractivity contribution is 0.102. The number of amides is 1. The largest absolute Gasteiger partial charge is 0.505 e. The third-order valence-electron chi connectivity index (χ3n) is 2.45. The number of nitrogens with zero attached hydrogens (tertiary/aromatic N) is 1. The molecule has 0 aliphatic heterocycles. The molecular formula is C13H11ClN2O3. The highest BCUT2D eigenvalue weighted by molar-refractivity contribution is 6.32. The summed E-state index contributed by atoms with van der Waals surface area (Å²) in [5, 5.41) is 12.6. The first-order valence-corrected chi connectivity index (χ1v) is 5.77. The van der Waals surface area contributed by atoms with E-state index < -0.39 is 5.91 Å². The summed E-state index contributed by atoms with van der Waals surface area (Å²) < 4.78 is 5.05. The summed E-state index contributed by atoms with van der Waals surface area (Å²) in [7, 11) is 1.49. The molecule has 2 N–H and O–H groups in total. The van der Waals surface area contributed by atoms with Crippen LogP contribution in [0.4, 0.5) is 5.69 Å². The lowest BCUT2D eigenvalue weighted by atomic mass is 10.2. The molecule has 5 nitrogen and oxygen atoms in total. The van der Waals surface area contributed by atoms with Gasteiger partial charge in [0, 0.05) is 18.0 Å². The van der Waals surface area contributed by atoms with Crippen LogP contribution in [0.25, 0.3) is 0 Å². The summed E-state index contributed by atoms with van der Waals surface area (Å²) in [6, 6.07) is 6.28. The molecular weight excluding hydrogens is 268 g/mol. The average Bonchev–Trinajstić information content (AvgIpc) is 2.41. The van der Waals surface area contributed by atoms with Crippen LogP contribution in [0.1, 0.15) is 10.4 Å².